The maximum atomic E-state index is 11.9. The van der Waals surface area contributed by atoms with Crippen LogP contribution in [0.5, 0.6) is 0 Å². The van der Waals surface area contributed by atoms with Crippen LogP contribution >= 0.6 is 23.1 Å². The molecular weight excluding hydrogens is 268 g/mol. The minimum Gasteiger partial charge on any atom is -0.350 e. The summed E-state index contributed by atoms with van der Waals surface area (Å²) in [7, 11) is 0. The topological polar surface area (TPSA) is 70.7 Å². The van der Waals surface area contributed by atoms with Gasteiger partial charge in [-0.1, -0.05) is 17.8 Å². The molecule has 0 spiro atoms. The molecule has 18 heavy (non-hydrogen) atoms. The first-order valence-corrected chi connectivity index (χ1v) is 7.27. The van der Waals surface area contributed by atoms with Gasteiger partial charge in [0, 0.05) is 4.88 Å². The minimum absolute atomic E-state index is 0.00384. The molecule has 1 atom stereocenters. The highest BCUT2D eigenvalue weighted by Gasteiger charge is 2.16. The number of H-pyrrole nitrogens is 1. The average Bonchev–Trinajstić information content (AvgIpc) is 2.97. The standard InChI is InChI=1S/C11H14N4OS2/c1-7(18-11-13-8(2)14-15-11)10(16)12-6-9-4-3-5-17-9/h3-5,7H,6H2,1-2H3,(H,12,16)(H,13,14,15)/t7-/m0/s1. The predicted octanol–water partition coefficient (Wildman–Crippen LogP) is 1.97. The first-order chi connectivity index (χ1) is 8.65. The number of aromatic amines is 1. The quantitative estimate of drug-likeness (QED) is 0.823. The molecule has 0 aliphatic rings. The van der Waals surface area contributed by atoms with E-state index in [4.69, 9.17) is 0 Å². The van der Waals surface area contributed by atoms with Crippen LogP contribution in [-0.2, 0) is 11.3 Å². The van der Waals surface area contributed by atoms with Crippen molar-refractivity contribution in [1.82, 2.24) is 20.5 Å². The molecule has 0 bridgehead atoms. The smallest absolute Gasteiger partial charge is 0.233 e. The van der Waals surface area contributed by atoms with Crippen LogP contribution in [0.3, 0.4) is 0 Å². The maximum absolute atomic E-state index is 11.9. The molecule has 2 rings (SSSR count). The van der Waals surface area contributed by atoms with Crippen molar-refractivity contribution in [1.29, 1.82) is 0 Å². The van der Waals surface area contributed by atoms with E-state index in [0.717, 1.165) is 10.7 Å². The van der Waals surface area contributed by atoms with E-state index in [1.54, 1.807) is 11.3 Å². The summed E-state index contributed by atoms with van der Waals surface area (Å²) >= 11 is 2.98. The third-order valence-corrected chi connectivity index (χ3v) is 4.08. The van der Waals surface area contributed by atoms with Gasteiger partial charge < -0.3 is 5.32 Å². The van der Waals surface area contributed by atoms with Crippen LogP contribution in [-0.4, -0.2) is 26.3 Å². The summed E-state index contributed by atoms with van der Waals surface area (Å²) in [4.78, 5) is 17.2. The zero-order valence-electron chi connectivity index (χ0n) is 10.1. The molecule has 2 aromatic rings. The number of thioether (sulfide) groups is 1. The summed E-state index contributed by atoms with van der Waals surface area (Å²) in [6, 6.07) is 3.97. The number of nitrogens with one attached hydrogen (secondary N) is 2. The number of carbonyl (C=O) groups excluding carboxylic acids is 1. The Bertz CT molecular complexity index is 509. The highest BCUT2D eigenvalue weighted by Crippen LogP contribution is 2.19. The summed E-state index contributed by atoms with van der Waals surface area (Å²) in [5.74, 6) is 0.750. The van der Waals surface area contributed by atoms with Crippen molar-refractivity contribution in [2.75, 3.05) is 0 Å². The van der Waals surface area contributed by atoms with Gasteiger partial charge in [0.05, 0.1) is 11.8 Å². The van der Waals surface area contributed by atoms with Crippen LogP contribution in [0.25, 0.3) is 0 Å². The summed E-state index contributed by atoms with van der Waals surface area (Å²) in [6.45, 7) is 4.26. The normalized spacial score (nSPS) is 12.3. The lowest BCUT2D eigenvalue weighted by Crippen LogP contribution is -2.30. The summed E-state index contributed by atoms with van der Waals surface area (Å²) in [6.07, 6.45) is 0. The number of nitrogens with zero attached hydrogens (tertiary/aromatic N) is 2. The van der Waals surface area contributed by atoms with Crippen LogP contribution in [0.2, 0.25) is 0 Å². The van der Waals surface area contributed by atoms with Gasteiger partial charge in [0.25, 0.3) is 0 Å². The predicted molar refractivity (Wildman–Crippen MR) is 72.6 cm³/mol. The van der Waals surface area contributed by atoms with E-state index >= 15 is 0 Å². The lowest BCUT2D eigenvalue weighted by molar-refractivity contribution is -0.120. The van der Waals surface area contributed by atoms with Crippen molar-refractivity contribution in [2.24, 2.45) is 0 Å². The molecule has 5 nitrogen and oxygen atoms in total. The number of amides is 1. The lowest BCUT2D eigenvalue weighted by Gasteiger charge is -2.09. The van der Waals surface area contributed by atoms with E-state index in [1.165, 1.54) is 11.8 Å². The zero-order valence-corrected chi connectivity index (χ0v) is 11.8. The van der Waals surface area contributed by atoms with Gasteiger partial charge in [0.2, 0.25) is 11.1 Å². The maximum Gasteiger partial charge on any atom is 0.233 e. The van der Waals surface area contributed by atoms with Crippen LogP contribution in [0.4, 0.5) is 0 Å². The van der Waals surface area contributed by atoms with Crippen LogP contribution < -0.4 is 5.32 Å². The highest BCUT2D eigenvalue weighted by atomic mass is 32.2. The molecule has 2 heterocycles. The largest absolute Gasteiger partial charge is 0.350 e. The lowest BCUT2D eigenvalue weighted by atomic mass is 10.4. The van der Waals surface area contributed by atoms with Gasteiger partial charge in [0.15, 0.2) is 0 Å². The van der Waals surface area contributed by atoms with Crippen LogP contribution in [0, 0.1) is 6.92 Å². The Morgan fingerprint density at radius 2 is 2.50 bits per heavy atom. The molecule has 0 saturated heterocycles. The van der Waals surface area contributed by atoms with E-state index < -0.39 is 0 Å². The van der Waals surface area contributed by atoms with Gasteiger partial charge in [-0.2, -0.15) is 0 Å². The van der Waals surface area contributed by atoms with Crippen molar-refractivity contribution >= 4 is 29.0 Å². The second kappa shape index (κ2) is 6.01. The average molecular weight is 282 g/mol. The summed E-state index contributed by atoms with van der Waals surface area (Å²) < 4.78 is 0. The number of aryl methyl sites for hydroxylation is 1. The first-order valence-electron chi connectivity index (χ1n) is 5.51. The van der Waals surface area contributed by atoms with E-state index in [-0.39, 0.29) is 11.2 Å². The summed E-state index contributed by atoms with van der Waals surface area (Å²) in [5.41, 5.74) is 0. The number of hydrogen-bond donors (Lipinski definition) is 2. The number of aromatic nitrogens is 3. The van der Waals surface area contributed by atoms with Gasteiger partial charge in [-0.15, -0.1) is 16.4 Å². The van der Waals surface area contributed by atoms with Gasteiger partial charge in [-0.25, -0.2) is 4.98 Å². The molecule has 0 saturated carbocycles. The van der Waals surface area contributed by atoms with Gasteiger partial charge in [-0.05, 0) is 25.3 Å². The minimum atomic E-state index is -0.208. The van der Waals surface area contributed by atoms with Crippen molar-refractivity contribution < 1.29 is 4.79 Å². The molecule has 1 amide bonds. The zero-order chi connectivity index (χ0) is 13.0. The molecular formula is C11H14N4OS2. The Hall–Kier alpha value is -1.34. The SMILES string of the molecule is Cc1nc(S[C@@H](C)C(=O)NCc2cccs2)n[nH]1. The molecule has 2 aromatic heterocycles. The third kappa shape index (κ3) is 3.58. The van der Waals surface area contributed by atoms with E-state index in [0.29, 0.717) is 11.7 Å². The van der Waals surface area contributed by atoms with E-state index in [1.807, 2.05) is 31.4 Å². The fourth-order valence-electron chi connectivity index (χ4n) is 1.32. The molecule has 2 N–H and O–H groups in total. The number of hydrogen-bond acceptors (Lipinski definition) is 5. The molecule has 0 aromatic carbocycles. The van der Waals surface area contributed by atoms with Gasteiger partial charge in [0.1, 0.15) is 5.82 Å². The second-order valence-electron chi connectivity index (χ2n) is 3.76. The Balaban J connectivity index is 1.81. The Morgan fingerprint density at radius 3 is 3.11 bits per heavy atom. The highest BCUT2D eigenvalue weighted by molar-refractivity contribution is 8.00. The number of carbonyl (C=O) groups is 1. The third-order valence-electron chi connectivity index (χ3n) is 2.25. The van der Waals surface area contributed by atoms with Crippen molar-refractivity contribution in [3.8, 4) is 0 Å². The Kier molecular flexibility index (Phi) is 4.38. The second-order valence-corrected chi connectivity index (χ2v) is 6.10. The molecule has 7 heteroatoms. The molecule has 0 unspecified atom stereocenters. The number of thiophene rings is 1. The monoisotopic (exact) mass is 282 g/mol. The Labute approximate surface area is 113 Å². The van der Waals surface area contributed by atoms with Crippen molar-refractivity contribution in [3.63, 3.8) is 0 Å². The molecule has 0 aliphatic heterocycles. The van der Waals surface area contributed by atoms with Crippen LogP contribution in [0.1, 0.15) is 17.6 Å². The molecule has 0 aliphatic carbocycles. The molecule has 0 radical (unpaired) electrons. The fraction of sp³-hybridized carbons (Fsp3) is 0.364. The fourth-order valence-corrected chi connectivity index (χ4v) is 2.76. The van der Waals surface area contributed by atoms with Gasteiger partial charge in [-0.3, -0.25) is 9.89 Å². The van der Waals surface area contributed by atoms with Crippen molar-refractivity contribution in [3.05, 3.63) is 28.2 Å². The van der Waals surface area contributed by atoms with E-state index in [2.05, 4.69) is 20.5 Å². The van der Waals surface area contributed by atoms with E-state index in [9.17, 15) is 4.79 Å². The first kappa shape index (κ1) is 13.1. The summed E-state index contributed by atoms with van der Waals surface area (Å²) in [5, 5.41) is 12.0. The van der Waals surface area contributed by atoms with Crippen molar-refractivity contribution in [2.45, 2.75) is 30.8 Å². The van der Waals surface area contributed by atoms with Gasteiger partial charge >= 0.3 is 0 Å². The molecule has 0 fully saturated rings. The van der Waals surface area contributed by atoms with Crippen LogP contribution in [0.15, 0.2) is 22.7 Å². The number of rotatable bonds is 5. The molecule has 96 valence electrons. The Morgan fingerprint density at radius 1 is 1.67 bits per heavy atom.